The molecule has 0 aliphatic heterocycles. The van der Waals surface area contributed by atoms with Gasteiger partial charge in [0, 0.05) is 0 Å². The van der Waals surface area contributed by atoms with Crippen LogP contribution in [0.5, 0.6) is 11.5 Å². The number of ether oxygens (including phenoxy) is 3. The number of anilines is 1. The zero-order valence-electron chi connectivity index (χ0n) is 16.9. The number of amides is 1. The number of para-hydroxylation sites is 1. The van der Waals surface area contributed by atoms with E-state index in [4.69, 9.17) is 25.8 Å². The molecule has 0 aromatic heterocycles. The van der Waals surface area contributed by atoms with Gasteiger partial charge in [-0.15, -0.1) is 0 Å². The van der Waals surface area contributed by atoms with E-state index in [9.17, 15) is 14.9 Å². The summed E-state index contributed by atoms with van der Waals surface area (Å²) in [5.41, 5.74) is 0.850. The van der Waals surface area contributed by atoms with E-state index in [0.717, 1.165) is 0 Å². The number of nitrogens with zero attached hydrogens (tertiary/aromatic N) is 1. The molecule has 162 valence electrons. The van der Waals surface area contributed by atoms with Crippen molar-refractivity contribution in [1.29, 1.82) is 5.26 Å². The van der Waals surface area contributed by atoms with E-state index >= 15 is 0 Å². The molecule has 0 aliphatic rings. The number of hydrogen-bond donors (Lipinski definition) is 1. The van der Waals surface area contributed by atoms with Crippen LogP contribution in [0.25, 0.3) is 6.08 Å². The molecule has 0 heterocycles. The Hall–Kier alpha value is -2.77. The third-order valence-electron chi connectivity index (χ3n) is 3.77. The maximum Gasteiger partial charge on any atom is 0.344 e. The van der Waals surface area contributed by atoms with Crippen molar-refractivity contribution < 1.29 is 23.8 Å². The zero-order valence-corrected chi connectivity index (χ0v) is 19.8. The first kappa shape index (κ1) is 24.5. The summed E-state index contributed by atoms with van der Waals surface area (Å²) >= 11 is 8.09. The van der Waals surface area contributed by atoms with Crippen molar-refractivity contribution >= 4 is 57.8 Å². The summed E-state index contributed by atoms with van der Waals surface area (Å²) in [5.74, 6) is -0.320. The van der Waals surface area contributed by atoms with Gasteiger partial charge in [-0.3, -0.25) is 4.79 Å². The number of nitrogens with one attached hydrogen (secondary N) is 1. The molecule has 7 nitrogen and oxygen atoms in total. The average Bonchev–Trinajstić information content (AvgIpc) is 2.73. The lowest BCUT2D eigenvalue weighted by atomic mass is 10.1. The maximum atomic E-state index is 12.5. The van der Waals surface area contributed by atoms with Gasteiger partial charge >= 0.3 is 5.97 Å². The Labute approximate surface area is 199 Å². The van der Waals surface area contributed by atoms with Gasteiger partial charge in [0.05, 0.1) is 27.5 Å². The molecule has 0 saturated heterocycles. The van der Waals surface area contributed by atoms with E-state index in [1.807, 2.05) is 35.6 Å². The summed E-state index contributed by atoms with van der Waals surface area (Å²) in [7, 11) is 0. The van der Waals surface area contributed by atoms with Crippen LogP contribution in [-0.4, -0.2) is 31.7 Å². The van der Waals surface area contributed by atoms with Gasteiger partial charge in [-0.25, -0.2) is 4.79 Å². The van der Waals surface area contributed by atoms with Gasteiger partial charge in [-0.2, -0.15) is 5.26 Å². The van der Waals surface area contributed by atoms with Crippen LogP contribution in [0.4, 0.5) is 5.69 Å². The lowest BCUT2D eigenvalue weighted by molar-refractivity contribution is -0.145. The molecule has 0 unspecified atom stereocenters. The molecule has 2 aromatic rings. The van der Waals surface area contributed by atoms with Crippen LogP contribution in [0.1, 0.15) is 19.4 Å². The van der Waals surface area contributed by atoms with E-state index in [1.54, 1.807) is 43.3 Å². The van der Waals surface area contributed by atoms with Crippen molar-refractivity contribution in [3.05, 3.63) is 56.1 Å². The van der Waals surface area contributed by atoms with Gasteiger partial charge in [0.2, 0.25) is 0 Å². The summed E-state index contributed by atoms with van der Waals surface area (Å²) in [6.07, 6.45) is 1.44. The number of benzene rings is 2. The fourth-order valence-corrected chi connectivity index (χ4v) is 3.44. The Morgan fingerprint density at radius 2 is 1.94 bits per heavy atom. The maximum absolute atomic E-state index is 12.5. The molecule has 1 N–H and O–H groups in total. The van der Waals surface area contributed by atoms with Crippen molar-refractivity contribution in [1.82, 2.24) is 0 Å². The van der Waals surface area contributed by atoms with E-state index in [0.29, 0.717) is 37.9 Å². The molecular formula is C22H20ClIN2O5. The van der Waals surface area contributed by atoms with E-state index < -0.39 is 11.9 Å². The lowest BCUT2D eigenvalue weighted by Gasteiger charge is -2.14. The Kier molecular flexibility index (Phi) is 9.62. The second-order valence-electron chi connectivity index (χ2n) is 5.96. The molecule has 9 heteroatoms. The van der Waals surface area contributed by atoms with E-state index in [-0.39, 0.29) is 18.8 Å². The zero-order chi connectivity index (χ0) is 22.8. The summed E-state index contributed by atoms with van der Waals surface area (Å²) in [6.45, 7) is 3.87. The molecule has 1 amide bonds. The number of nitriles is 1. The Morgan fingerprint density at radius 3 is 2.58 bits per heavy atom. The normalized spacial score (nSPS) is 10.7. The summed E-state index contributed by atoms with van der Waals surface area (Å²) in [5, 5.41) is 12.5. The Morgan fingerprint density at radius 1 is 1.19 bits per heavy atom. The predicted molar refractivity (Wildman–Crippen MR) is 126 cm³/mol. The van der Waals surface area contributed by atoms with Gasteiger partial charge in [0.25, 0.3) is 5.91 Å². The van der Waals surface area contributed by atoms with Crippen LogP contribution in [0.3, 0.4) is 0 Å². The molecule has 2 aromatic carbocycles. The minimum Gasteiger partial charge on any atom is -0.490 e. The largest absolute Gasteiger partial charge is 0.490 e. The van der Waals surface area contributed by atoms with E-state index in [2.05, 4.69) is 5.32 Å². The third-order valence-corrected chi connectivity index (χ3v) is 4.90. The van der Waals surface area contributed by atoms with Crippen molar-refractivity contribution in [3.8, 4) is 17.6 Å². The number of carbonyl (C=O) groups is 2. The molecule has 0 bridgehead atoms. The quantitative estimate of drug-likeness (QED) is 0.206. The second kappa shape index (κ2) is 12.2. The number of halogens is 2. The van der Waals surface area contributed by atoms with Crippen molar-refractivity contribution in [2.75, 3.05) is 25.1 Å². The fraction of sp³-hybridized carbons (Fsp3) is 0.227. The van der Waals surface area contributed by atoms with Crippen LogP contribution < -0.4 is 14.8 Å². The number of esters is 1. The van der Waals surface area contributed by atoms with Crippen LogP contribution >= 0.6 is 34.2 Å². The molecule has 0 spiro atoms. The topological polar surface area (TPSA) is 97.7 Å². The molecule has 2 rings (SSSR count). The van der Waals surface area contributed by atoms with Gasteiger partial charge < -0.3 is 19.5 Å². The Balaban J connectivity index is 2.30. The molecule has 0 fully saturated rings. The molecule has 31 heavy (non-hydrogen) atoms. The van der Waals surface area contributed by atoms with Gasteiger partial charge in [0.1, 0.15) is 11.6 Å². The highest BCUT2D eigenvalue weighted by atomic mass is 127. The molecule has 0 aliphatic carbocycles. The number of hydrogen-bond acceptors (Lipinski definition) is 6. The molecular weight excluding hydrogens is 535 g/mol. The Bertz CT molecular complexity index is 1030. The first-order valence-corrected chi connectivity index (χ1v) is 10.8. The van der Waals surface area contributed by atoms with Gasteiger partial charge in [0.15, 0.2) is 18.1 Å². The SMILES string of the molecule is CCOC(=O)COc1c(I)cc(/C=C(\C#N)C(=O)Nc2ccccc2Cl)cc1OCC. The van der Waals surface area contributed by atoms with Crippen LogP contribution in [0, 0.1) is 14.9 Å². The van der Waals surface area contributed by atoms with Gasteiger partial charge in [-0.05, 0) is 72.3 Å². The summed E-state index contributed by atoms with van der Waals surface area (Å²) in [4.78, 5) is 24.1. The highest BCUT2D eigenvalue weighted by molar-refractivity contribution is 14.1. The summed E-state index contributed by atoms with van der Waals surface area (Å²) < 4.78 is 16.7. The minimum absolute atomic E-state index is 0.113. The van der Waals surface area contributed by atoms with E-state index in [1.165, 1.54) is 6.08 Å². The summed E-state index contributed by atoms with van der Waals surface area (Å²) in [6, 6.07) is 12.0. The standard InChI is InChI=1S/C22H20ClIN2O5/c1-3-29-19-11-14(10-17(24)21(19)31-13-20(27)30-4-2)9-15(12-25)22(28)26-18-8-6-5-7-16(18)23/h5-11H,3-4,13H2,1-2H3,(H,26,28)/b15-9+. The number of carbonyl (C=O) groups excluding carboxylic acids is 2. The van der Waals surface area contributed by atoms with Crippen molar-refractivity contribution in [2.45, 2.75) is 13.8 Å². The highest BCUT2D eigenvalue weighted by Crippen LogP contribution is 2.35. The second-order valence-corrected chi connectivity index (χ2v) is 7.53. The predicted octanol–water partition coefficient (Wildman–Crippen LogP) is 4.83. The fourth-order valence-electron chi connectivity index (χ4n) is 2.48. The highest BCUT2D eigenvalue weighted by Gasteiger charge is 2.16. The lowest BCUT2D eigenvalue weighted by Crippen LogP contribution is -2.15. The minimum atomic E-state index is -0.591. The molecule has 0 atom stereocenters. The smallest absolute Gasteiger partial charge is 0.344 e. The molecule has 0 radical (unpaired) electrons. The van der Waals surface area contributed by atoms with Crippen LogP contribution in [0.15, 0.2) is 42.0 Å². The van der Waals surface area contributed by atoms with Crippen molar-refractivity contribution in [2.24, 2.45) is 0 Å². The molecule has 0 saturated carbocycles. The number of rotatable bonds is 9. The first-order valence-electron chi connectivity index (χ1n) is 9.32. The van der Waals surface area contributed by atoms with Crippen molar-refractivity contribution in [3.63, 3.8) is 0 Å². The monoisotopic (exact) mass is 554 g/mol. The third kappa shape index (κ3) is 7.15. The van der Waals surface area contributed by atoms with Crippen LogP contribution in [0.2, 0.25) is 5.02 Å². The average molecular weight is 555 g/mol. The first-order chi connectivity index (χ1) is 14.9. The van der Waals surface area contributed by atoms with Gasteiger partial charge in [-0.1, -0.05) is 23.7 Å². The van der Waals surface area contributed by atoms with Crippen LogP contribution in [-0.2, 0) is 14.3 Å².